The molecule has 110 valence electrons. The van der Waals surface area contributed by atoms with Crippen molar-refractivity contribution in [1.29, 1.82) is 0 Å². The molecule has 0 spiro atoms. The monoisotopic (exact) mass is 298 g/mol. The zero-order valence-electron chi connectivity index (χ0n) is 11.4. The highest BCUT2D eigenvalue weighted by Crippen LogP contribution is 2.45. The minimum Gasteiger partial charge on any atom is -0.382 e. The molecule has 2 N–H and O–H groups in total. The Morgan fingerprint density at radius 2 is 2.05 bits per heavy atom. The first-order chi connectivity index (χ1) is 9.40. The van der Waals surface area contributed by atoms with Gasteiger partial charge in [0.25, 0.3) is 0 Å². The number of nitrogens with one attached hydrogen (secondary N) is 2. The van der Waals surface area contributed by atoms with E-state index in [-0.39, 0.29) is 5.69 Å². The molecule has 0 heterocycles. The van der Waals surface area contributed by atoms with Crippen molar-refractivity contribution >= 4 is 21.4 Å². The maximum atomic E-state index is 13.6. The van der Waals surface area contributed by atoms with Gasteiger partial charge < -0.3 is 5.32 Å². The molecule has 0 aromatic heterocycles. The van der Waals surface area contributed by atoms with E-state index in [4.69, 9.17) is 0 Å². The van der Waals surface area contributed by atoms with Gasteiger partial charge in [0, 0.05) is 11.7 Å². The molecule has 1 aromatic rings. The summed E-state index contributed by atoms with van der Waals surface area (Å²) < 4.78 is 38.2. The Morgan fingerprint density at radius 1 is 1.25 bits per heavy atom. The molecule has 3 unspecified atom stereocenters. The predicted octanol–water partition coefficient (Wildman–Crippen LogP) is 2.80. The molecule has 0 saturated heterocycles. The van der Waals surface area contributed by atoms with E-state index in [9.17, 15) is 12.8 Å². The smallest absolute Gasteiger partial charge is 0.229 e. The predicted molar refractivity (Wildman–Crippen MR) is 77.7 cm³/mol. The van der Waals surface area contributed by atoms with Crippen LogP contribution in [0.1, 0.15) is 25.7 Å². The molecule has 0 amide bonds. The van der Waals surface area contributed by atoms with E-state index in [1.54, 1.807) is 6.07 Å². The fourth-order valence-electron chi connectivity index (χ4n) is 3.53. The first-order valence-corrected chi connectivity index (χ1v) is 8.84. The molecule has 2 saturated carbocycles. The van der Waals surface area contributed by atoms with E-state index >= 15 is 0 Å². The van der Waals surface area contributed by atoms with Gasteiger partial charge in [-0.05, 0) is 49.3 Å². The van der Waals surface area contributed by atoms with Crippen LogP contribution in [0.15, 0.2) is 18.2 Å². The molecule has 2 fully saturated rings. The molecule has 6 heteroatoms. The molecule has 3 rings (SSSR count). The van der Waals surface area contributed by atoms with Crippen molar-refractivity contribution in [3.05, 3.63) is 24.0 Å². The summed E-state index contributed by atoms with van der Waals surface area (Å²) in [7, 11) is -3.47. The van der Waals surface area contributed by atoms with Crippen molar-refractivity contribution in [2.75, 3.05) is 16.3 Å². The number of hydrogen-bond donors (Lipinski definition) is 2. The maximum Gasteiger partial charge on any atom is 0.229 e. The lowest BCUT2D eigenvalue weighted by molar-refractivity contribution is 0.440. The second-order valence-electron chi connectivity index (χ2n) is 5.99. The molecule has 1 aromatic carbocycles. The van der Waals surface area contributed by atoms with Gasteiger partial charge in [0.2, 0.25) is 10.0 Å². The molecule has 2 bridgehead atoms. The summed E-state index contributed by atoms with van der Waals surface area (Å²) in [6.07, 6.45) is 6.05. The van der Waals surface area contributed by atoms with E-state index in [2.05, 4.69) is 10.0 Å². The number of hydrogen-bond acceptors (Lipinski definition) is 3. The Bertz CT molecular complexity index is 618. The molecule has 20 heavy (non-hydrogen) atoms. The molecule has 0 radical (unpaired) electrons. The standard InChI is InChI=1S/C14H19FN2O2S/c1-20(18,19)17-14-8-11(4-5-12(14)15)16-13-7-9-2-3-10(13)6-9/h4-5,8-10,13,16-17H,2-3,6-7H2,1H3. The average molecular weight is 298 g/mol. The first kappa shape index (κ1) is 13.7. The molecule has 3 atom stereocenters. The maximum absolute atomic E-state index is 13.6. The number of benzene rings is 1. The second-order valence-corrected chi connectivity index (χ2v) is 7.74. The summed E-state index contributed by atoms with van der Waals surface area (Å²) in [6.45, 7) is 0. The first-order valence-electron chi connectivity index (χ1n) is 6.94. The van der Waals surface area contributed by atoms with Gasteiger partial charge in [0.1, 0.15) is 5.82 Å². The lowest BCUT2D eigenvalue weighted by Gasteiger charge is -2.24. The zero-order chi connectivity index (χ0) is 14.3. The van der Waals surface area contributed by atoms with Gasteiger partial charge in [0.15, 0.2) is 0 Å². The van der Waals surface area contributed by atoms with Crippen LogP contribution in [0.25, 0.3) is 0 Å². The van der Waals surface area contributed by atoms with Gasteiger partial charge in [0.05, 0.1) is 11.9 Å². The fourth-order valence-corrected chi connectivity index (χ4v) is 4.08. The van der Waals surface area contributed by atoms with Crippen molar-refractivity contribution in [2.45, 2.75) is 31.7 Å². The molecule has 4 nitrogen and oxygen atoms in total. The number of anilines is 2. The number of sulfonamides is 1. The van der Waals surface area contributed by atoms with Crippen LogP contribution in [0.2, 0.25) is 0 Å². The third-order valence-corrected chi connectivity index (χ3v) is 4.94. The minimum absolute atomic E-state index is 0.000608. The van der Waals surface area contributed by atoms with E-state index in [0.717, 1.165) is 24.3 Å². The Hall–Kier alpha value is -1.30. The van der Waals surface area contributed by atoms with Gasteiger partial charge in [-0.2, -0.15) is 0 Å². The summed E-state index contributed by atoms with van der Waals surface area (Å²) in [5.41, 5.74) is 0.774. The number of fused-ring (bicyclic) bond motifs is 2. The Morgan fingerprint density at radius 3 is 2.65 bits per heavy atom. The molecule has 0 aliphatic heterocycles. The SMILES string of the molecule is CS(=O)(=O)Nc1cc(NC2CC3CCC2C3)ccc1F. The van der Waals surface area contributed by atoms with Crippen LogP contribution in [0, 0.1) is 17.7 Å². The summed E-state index contributed by atoms with van der Waals surface area (Å²) in [4.78, 5) is 0. The topological polar surface area (TPSA) is 58.2 Å². The van der Waals surface area contributed by atoms with Crippen LogP contribution in [-0.4, -0.2) is 20.7 Å². The highest BCUT2D eigenvalue weighted by molar-refractivity contribution is 7.92. The van der Waals surface area contributed by atoms with Crippen molar-refractivity contribution < 1.29 is 12.8 Å². The van der Waals surface area contributed by atoms with Crippen LogP contribution in [-0.2, 0) is 10.0 Å². The van der Waals surface area contributed by atoms with Gasteiger partial charge >= 0.3 is 0 Å². The molecule has 2 aliphatic carbocycles. The quantitative estimate of drug-likeness (QED) is 0.898. The highest BCUT2D eigenvalue weighted by Gasteiger charge is 2.39. The lowest BCUT2D eigenvalue weighted by atomic mass is 9.95. The van der Waals surface area contributed by atoms with Gasteiger partial charge in [-0.25, -0.2) is 12.8 Å². The second kappa shape index (κ2) is 4.91. The van der Waals surface area contributed by atoms with Gasteiger partial charge in [-0.1, -0.05) is 6.42 Å². The number of rotatable bonds is 4. The highest BCUT2D eigenvalue weighted by atomic mass is 32.2. The minimum atomic E-state index is -3.47. The Balaban J connectivity index is 1.75. The lowest BCUT2D eigenvalue weighted by Crippen LogP contribution is -2.25. The number of halogens is 1. The molecule has 2 aliphatic rings. The van der Waals surface area contributed by atoms with Crippen LogP contribution in [0.4, 0.5) is 15.8 Å². The van der Waals surface area contributed by atoms with Crippen molar-refractivity contribution in [3.63, 3.8) is 0 Å². The fraction of sp³-hybridized carbons (Fsp3) is 0.571. The Kier molecular flexibility index (Phi) is 3.36. The summed E-state index contributed by atoms with van der Waals surface area (Å²) in [5.74, 6) is 0.969. The van der Waals surface area contributed by atoms with Gasteiger partial charge in [-0.3, -0.25) is 4.72 Å². The van der Waals surface area contributed by atoms with E-state index < -0.39 is 15.8 Å². The van der Waals surface area contributed by atoms with Crippen LogP contribution < -0.4 is 10.0 Å². The zero-order valence-corrected chi connectivity index (χ0v) is 12.2. The van der Waals surface area contributed by atoms with E-state index in [1.165, 1.54) is 31.4 Å². The normalized spacial score (nSPS) is 28.6. The van der Waals surface area contributed by atoms with Crippen molar-refractivity contribution in [2.24, 2.45) is 11.8 Å². The van der Waals surface area contributed by atoms with Crippen LogP contribution >= 0.6 is 0 Å². The van der Waals surface area contributed by atoms with Crippen LogP contribution in [0.5, 0.6) is 0 Å². The average Bonchev–Trinajstić information content (AvgIpc) is 2.93. The van der Waals surface area contributed by atoms with Crippen molar-refractivity contribution in [1.82, 2.24) is 0 Å². The summed E-state index contributed by atoms with van der Waals surface area (Å²) >= 11 is 0. The third-order valence-electron chi connectivity index (χ3n) is 4.35. The summed E-state index contributed by atoms with van der Waals surface area (Å²) in [5, 5.41) is 3.42. The molecular formula is C14H19FN2O2S. The van der Waals surface area contributed by atoms with Crippen LogP contribution in [0.3, 0.4) is 0 Å². The third kappa shape index (κ3) is 2.90. The van der Waals surface area contributed by atoms with Gasteiger partial charge in [-0.15, -0.1) is 0 Å². The Labute approximate surface area is 118 Å². The van der Waals surface area contributed by atoms with Crippen molar-refractivity contribution in [3.8, 4) is 0 Å². The van der Waals surface area contributed by atoms with E-state index in [1.807, 2.05) is 0 Å². The largest absolute Gasteiger partial charge is 0.382 e. The molecular weight excluding hydrogens is 279 g/mol. The summed E-state index contributed by atoms with van der Waals surface area (Å²) in [6, 6.07) is 4.92. The van der Waals surface area contributed by atoms with E-state index in [0.29, 0.717) is 12.0 Å².